The van der Waals surface area contributed by atoms with Crippen LogP contribution in [0.5, 0.6) is 0 Å². The van der Waals surface area contributed by atoms with Crippen LogP contribution in [0.2, 0.25) is 0 Å². The zero-order valence-corrected chi connectivity index (χ0v) is 14.2. The maximum absolute atomic E-state index is 4.55. The van der Waals surface area contributed by atoms with E-state index in [0.717, 1.165) is 6.54 Å². The average Bonchev–Trinajstić information content (AvgIpc) is 2.77. The van der Waals surface area contributed by atoms with Crippen LogP contribution in [0.1, 0.15) is 61.2 Å². The van der Waals surface area contributed by atoms with Crippen molar-refractivity contribution < 1.29 is 0 Å². The van der Waals surface area contributed by atoms with Crippen molar-refractivity contribution in [2.24, 2.45) is 5.41 Å². The van der Waals surface area contributed by atoms with Gasteiger partial charge in [0, 0.05) is 24.0 Å². The third-order valence-corrected chi connectivity index (χ3v) is 5.71. The summed E-state index contributed by atoms with van der Waals surface area (Å²) in [5, 5.41) is 8.54. The van der Waals surface area contributed by atoms with E-state index < -0.39 is 0 Å². The van der Waals surface area contributed by atoms with Crippen LogP contribution >= 0.6 is 11.3 Å². The summed E-state index contributed by atoms with van der Waals surface area (Å²) in [4.78, 5) is 5.95. The molecule has 114 valence electrons. The highest BCUT2D eigenvalue weighted by molar-refractivity contribution is 7.11. The van der Waals surface area contributed by atoms with Crippen LogP contribution < -0.4 is 10.6 Å². The summed E-state index contributed by atoms with van der Waals surface area (Å²) in [5.41, 5.74) is 1.65. The number of aromatic nitrogens is 1. The molecular weight excluding hydrogens is 266 g/mol. The van der Waals surface area contributed by atoms with Gasteiger partial charge in [-0.25, -0.2) is 4.98 Å². The summed E-state index contributed by atoms with van der Waals surface area (Å²) in [6, 6.07) is 0.414. The first-order valence-corrected chi connectivity index (χ1v) is 8.76. The Bertz CT molecular complexity index is 416. The Morgan fingerprint density at radius 3 is 2.80 bits per heavy atom. The Morgan fingerprint density at radius 2 is 2.25 bits per heavy atom. The second-order valence-corrected chi connectivity index (χ2v) is 7.55. The highest BCUT2D eigenvalue weighted by Crippen LogP contribution is 2.32. The predicted octanol–water partition coefficient (Wildman–Crippen LogP) is 3.58. The Morgan fingerprint density at radius 1 is 1.45 bits per heavy atom. The van der Waals surface area contributed by atoms with E-state index in [4.69, 9.17) is 0 Å². The van der Waals surface area contributed by atoms with E-state index >= 15 is 0 Å². The molecule has 0 aliphatic carbocycles. The van der Waals surface area contributed by atoms with Crippen LogP contribution in [-0.4, -0.2) is 24.6 Å². The zero-order chi connectivity index (χ0) is 14.6. The summed E-state index contributed by atoms with van der Waals surface area (Å²) in [6.07, 6.45) is 5.26. The quantitative estimate of drug-likeness (QED) is 0.842. The topological polar surface area (TPSA) is 37.0 Å². The van der Waals surface area contributed by atoms with Crippen molar-refractivity contribution in [2.75, 3.05) is 19.6 Å². The van der Waals surface area contributed by atoms with Crippen LogP contribution in [0.4, 0.5) is 0 Å². The number of hydrogen-bond donors (Lipinski definition) is 2. The van der Waals surface area contributed by atoms with Gasteiger partial charge in [-0.1, -0.05) is 13.3 Å². The number of hydrogen-bond acceptors (Lipinski definition) is 4. The van der Waals surface area contributed by atoms with Crippen molar-refractivity contribution >= 4 is 11.3 Å². The lowest BCUT2D eigenvalue weighted by Crippen LogP contribution is -2.46. The molecule has 1 saturated heterocycles. The van der Waals surface area contributed by atoms with Crippen LogP contribution in [0.15, 0.2) is 0 Å². The van der Waals surface area contributed by atoms with Crippen molar-refractivity contribution in [2.45, 2.75) is 59.4 Å². The Balaban J connectivity index is 1.96. The minimum absolute atomic E-state index is 0.414. The number of rotatable bonds is 6. The van der Waals surface area contributed by atoms with Gasteiger partial charge in [0.15, 0.2) is 0 Å². The van der Waals surface area contributed by atoms with E-state index in [9.17, 15) is 0 Å². The molecule has 2 atom stereocenters. The lowest BCUT2D eigenvalue weighted by molar-refractivity contribution is 0.178. The van der Waals surface area contributed by atoms with E-state index in [2.05, 4.69) is 43.3 Å². The number of aryl methyl sites for hydroxylation is 2. The highest BCUT2D eigenvalue weighted by atomic mass is 32.1. The van der Waals surface area contributed by atoms with Gasteiger partial charge in [-0.2, -0.15) is 0 Å². The number of nitrogens with one attached hydrogen (secondary N) is 2. The summed E-state index contributed by atoms with van der Waals surface area (Å²) in [5.74, 6) is 0. The maximum atomic E-state index is 4.55. The molecule has 1 aromatic heterocycles. The second kappa shape index (κ2) is 7.01. The smallest absolute Gasteiger partial charge is 0.0900 e. The fourth-order valence-electron chi connectivity index (χ4n) is 3.42. The molecule has 2 rings (SSSR count). The summed E-state index contributed by atoms with van der Waals surface area (Å²) in [7, 11) is 0. The van der Waals surface area contributed by atoms with Gasteiger partial charge in [-0.15, -0.1) is 11.3 Å². The van der Waals surface area contributed by atoms with Gasteiger partial charge in [0.05, 0.1) is 10.7 Å². The molecule has 2 unspecified atom stereocenters. The van der Waals surface area contributed by atoms with Crippen molar-refractivity contribution in [1.29, 1.82) is 0 Å². The zero-order valence-electron chi connectivity index (χ0n) is 13.4. The van der Waals surface area contributed by atoms with E-state index in [1.807, 2.05) is 11.3 Å². The summed E-state index contributed by atoms with van der Waals surface area (Å²) in [6.45, 7) is 12.3. The highest BCUT2D eigenvalue weighted by Gasteiger charge is 2.31. The minimum Gasteiger partial charge on any atom is -0.316 e. The molecule has 0 radical (unpaired) electrons. The van der Waals surface area contributed by atoms with E-state index in [0.29, 0.717) is 11.5 Å². The third-order valence-electron chi connectivity index (χ3n) is 4.46. The molecule has 1 aromatic rings. The number of piperidine rings is 1. The first-order valence-electron chi connectivity index (χ1n) is 7.94. The molecular formula is C16H29N3S. The fraction of sp³-hybridized carbons (Fsp3) is 0.812. The number of thiazole rings is 1. The van der Waals surface area contributed by atoms with E-state index in [1.165, 1.54) is 54.4 Å². The maximum Gasteiger partial charge on any atom is 0.0900 e. The molecule has 1 fully saturated rings. The SMILES string of the molecule is CCCC1(CNC(C)c2sc(C)nc2C)CCCNC1. The fourth-order valence-corrected chi connectivity index (χ4v) is 4.38. The van der Waals surface area contributed by atoms with Gasteiger partial charge in [0.25, 0.3) is 0 Å². The van der Waals surface area contributed by atoms with Gasteiger partial charge in [0.1, 0.15) is 0 Å². The number of nitrogens with zero attached hydrogens (tertiary/aromatic N) is 1. The third kappa shape index (κ3) is 3.80. The Kier molecular flexibility index (Phi) is 5.58. The monoisotopic (exact) mass is 295 g/mol. The van der Waals surface area contributed by atoms with Crippen LogP contribution in [0.25, 0.3) is 0 Å². The second-order valence-electron chi connectivity index (χ2n) is 6.32. The predicted molar refractivity (Wildman–Crippen MR) is 87.5 cm³/mol. The molecule has 0 amide bonds. The molecule has 0 aromatic carbocycles. The van der Waals surface area contributed by atoms with E-state index in [-0.39, 0.29) is 0 Å². The molecule has 20 heavy (non-hydrogen) atoms. The Labute approximate surface area is 127 Å². The first-order chi connectivity index (χ1) is 9.56. The van der Waals surface area contributed by atoms with Gasteiger partial charge in [-0.3, -0.25) is 0 Å². The molecule has 0 saturated carbocycles. The van der Waals surface area contributed by atoms with Gasteiger partial charge in [0.2, 0.25) is 0 Å². The van der Waals surface area contributed by atoms with Crippen molar-refractivity contribution in [3.63, 3.8) is 0 Å². The van der Waals surface area contributed by atoms with Gasteiger partial charge in [-0.05, 0) is 52.0 Å². The molecule has 1 aliphatic rings. The van der Waals surface area contributed by atoms with Crippen LogP contribution in [0.3, 0.4) is 0 Å². The molecule has 0 bridgehead atoms. The molecule has 4 heteroatoms. The molecule has 3 nitrogen and oxygen atoms in total. The first kappa shape index (κ1) is 15.9. The molecule has 2 heterocycles. The van der Waals surface area contributed by atoms with Crippen molar-refractivity contribution in [3.05, 3.63) is 15.6 Å². The van der Waals surface area contributed by atoms with E-state index in [1.54, 1.807) is 0 Å². The largest absolute Gasteiger partial charge is 0.316 e. The lowest BCUT2D eigenvalue weighted by atomic mass is 9.77. The normalized spacial score (nSPS) is 24.8. The van der Waals surface area contributed by atoms with Crippen molar-refractivity contribution in [3.8, 4) is 0 Å². The standard InChI is InChI=1S/C16H29N3S/c1-5-7-16(8-6-9-17-10-16)11-18-12(2)15-13(3)19-14(4)20-15/h12,17-18H,5-11H2,1-4H3. The minimum atomic E-state index is 0.414. The van der Waals surface area contributed by atoms with Crippen molar-refractivity contribution in [1.82, 2.24) is 15.6 Å². The average molecular weight is 295 g/mol. The van der Waals surface area contributed by atoms with Crippen LogP contribution in [-0.2, 0) is 0 Å². The molecule has 1 aliphatic heterocycles. The van der Waals surface area contributed by atoms with Gasteiger partial charge >= 0.3 is 0 Å². The van der Waals surface area contributed by atoms with Gasteiger partial charge < -0.3 is 10.6 Å². The lowest BCUT2D eigenvalue weighted by Gasteiger charge is -2.38. The molecule has 2 N–H and O–H groups in total. The van der Waals surface area contributed by atoms with Crippen LogP contribution in [0, 0.1) is 19.3 Å². The Hall–Kier alpha value is -0.450. The summed E-state index contributed by atoms with van der Waals surface area (Å²) >= 11 is 1.83. The molecule has 0 spiro atoms. The summed E-state index contributed by atoms with van der Waals surface area (Å²) < 4.78 is 0.